The molecule has 0 spiro atoms. The van der Waals surface area contributed by atoms with Crippen molar-refractivity contribution in [1.82, 2.24) is 14.8 Å². The summed E-state index contributed by atoms with van der Waals surface area (Å²) in [7, 11) is 0. The number of carbonyl (C=O) groups is 1. The van der Waals surface area contributed by atoms with E-state index in [9.17, 15) is 4.79 Å². The third kappa shape index (κ3) is 4.08. The highest BCUT2D eigenvalue weighted by Gasteiger charge is 2.19. The minimum Gasteiger partial charge on any atom is -0.319 e. The standard InChI is InChI=1S/C23H18Cl2N4O/c1-14-6-12-18(13-7-14)29-22(16-8-10-17(24)11-9-16)27-21(28-29)23(30)26-20-5-3-4-19(25)15(20)2/h3-13H,1-2H3,(H,26,30). The molecule has 7 heteroatoms. The van der Waals surface area contributed by atoms with Crippen molar-refractivity contribution in [2.45, 2.75) is 13.8 Å². The van der Waals surface area contributed by atoms with Crippen molar-refractivity contribution in [3.8, 4) is 17.1 Å². The molecule has 3 aromatic carbocycles. The van der Waals surface area contributed by atoms with E-state index in [0.717, 1.165) is 22.4 Å². The van der Waals surface area contributed by atoms with Gasteiger partial charge in [-0.15, -0.1) is 5.10 Å². The van der Waals surface area contributed by atoms with Crippen molar-refractivity contribution in [3.05, 3.63) is 93.7 Å². The van der Waals surface area contributed by atoms with Gasteiger partial charge in [0.2, 0.25) is 5.82 Å². The molecule has 0 saturated carbocycles. The first kappa shape index (κ1) is 20.1. The smallest absolute Gasteiger partial charge is 0.295 e. The number of carbonyl (C=O) groups excluding carboxylic acids is 1. The number of nitrogens with zero attached hydrogens (tertiary/aromatic N) is 3. The van der Waals surface area contributed by atoms with Gasteiger partial charge in [0.25, 0.3) is 5.91 Å². The average molecular weight is 437 g/mol. The molecule has 0 aliphatic heterocycles. The largest absolute Gasteiger partial charge is 0.319 e. The van der Waals surface area contributed by atoms with Gasteiger partial charge in [-0.2, -0.15) is 0 Å². The van der Waals surface area contributed by atoms with Crippen LogP contribution in [0, 0.1) is 13.8 Å². The number of halogens is 2. The summed E-state index contributed by atoms with van der Waals surface area (Å²) in [4.78, 5) is 17.4. The molecule has 0 aliphatic rings. The topological polar surface area (TPSA) is 59.8 Å². The van der Waals surface area contributed by atoms with Crippen LogP contribution >= 0.6 is 23.2 Å². The van der Waals surface area contributed by atoms with E-state index < -0.39 is 5.91 Å². The molecule has 150 valence electrons. The fourth-order valence-corrected chi connectivity index (χ4v) is 3.28. The van der Waals surface area contributed by atoms with E-state index in [1.165, 1.54) is 0 Å². The van der Waals surface area contributed by atoms with Crippen LogP contribution in [0.4, 0.5) is 5.69 Å². The Morgan fingerprint density at radius 3 is 2.33 bits per heavy atom. The van der Waals surface area contributed by atoms with E-state index in [-0.39, 0.29) is 5.82 Å². The van der Waals surface area contributed by atoms with Gasteiger partial charge in [-0.25, -0.2) is 9.67 Å². The summed E-state index contributed by atoms with van der Waals surface area (Å²) in [5.41, 5.74) is 4.12. The summed E-state index contributed by atoms with van der Waals surface area (Å²) in [6, 6.07) is 20.4. The van der Waals surface area contributed by atoms with Gasteiger partial charge in [0.15, 0.2) is 5.82 Å². The number of aryl methyl sites for hydroxylation is 1. The quantitative estimate of drug-likeness (QED) is 0.419. The summed E-state index contributed by atoms with van der Waals surface area (Å²) >= 11 is 12.2. The molecule has 0 fully saturated rings. The molecule has 0 saturated heterocycles. The highest BCUT2D eigenvalue weighted by atomic mass is 35.5. The van der Waals surface area contributed by atoms with Crippen LogP contribution in [0.5, 0.6) is 0 Å². The normalized spacial score (nSPS) is 10.8. The third-order valence-electron chi connectivity index (χ3n) is 4.71. The molecule has 4 rings (SSSR count). The van der Waals surface area contributed by atoms with Crippen molar-refractivity contribution in [2.24, 2.45) is 0 Å². The molecule has 0 unspecified atom stereocenters. The van der Waals surface area contributed by atoms with E-state index in [1.807, 2.05) is 50.2 Å². The first-order valence-corrected chi connectivity index (χ1v) is 10.0. The third-order valence-corrected chi connectivity index (χ3v) is 5.37. The van der Waals surface area contributed by atoms with Gasteiger partial charge in [0, 0.05) is 21.3 Å². The Balaban J connectivity index is 1.76. The Morgan fingerprint density at radius 2 is 1.63 bits per heavy atom. The van der Waals surface area contributed by atoms with Crippen LogP contribution in [0.15, 0.2) is 66.7 Å². The number of hydrogen-bond acceptors (Lipinski definition) is 3. The van der Waals surface area contributed by atoms with Crippen molar-refractivity contribution in [1.29, 1.82) is 0 Å². The van der Waals surface area contributed by atoms with Crippen molar-refractivity contribution in [2.75, 3.05) is 5.32 Å². The zero-order chi connectivity index (χ0) is 21.3. The first-order chi connectivity index (χ1) is 14.4. The second-order valence-electron chi connectivity index (χ2n) is 6.88. The maximum absolute atomic E-state index is 12.9. The highest BCUT2D eigenvalue weighted by molar-refractivity contribution is 6.31. The lowest BCUT2D eigenvalue weighted by atomic mass is 10.2. The Bertz CT molecular complexity index is 1150. The molecule has 1 amide bonds. The zero-order valence-corrected chi connectivity index (χ0v) is 17.9. The Hall–Kier alpha value is -3.15. The summed E-state index contributed by atoms with van der Waals surface area (Å²) in [5, 5.41) is 8.53. The number of rotatable bonds is 4. The Morgan fingerprint density at radius 1 is 0.933 bits per heavy atom. The maximum atomic E-state index is 12.9. The summed E-state index contributed by atoms with van der Waals surface area (Å²) < 4.78 is 1.66. The molecule has 1 aromatic heterocycles. The van der Waals surface area contributed by atoms with E-state index in [4.69, 9.17) is 23.2 Å². The van der Waals surface area contributed by atoms with Crippen LogP contribution in [0.2, 0.25) is 10.0 Å². The van der Waals surface area contributed by atoms with Gasteiger partial charge in [0.1, 0.15) is 0 Å². The predicted octanol–water partition coefficient (Wildman–Crippen LogP) is 6.11. The first-order valence-electron chi connectivity index (χ1n) is 9.29. The van der Waals surface area contributed by atoms with E-state index in [2.05, 4.69) is 15.4 Å². The van der Waals surface area contributed by atoms with Crippen molar-refractivity contribution in [3.63, 3.8) is 0 Å². The lowest BCUT2D eigenvalue weighted by molar-refractivity contribution is 0.101. The van der Waals surface area contributed by atoms with E-state index >= 15 is 0 Å². The minimum atomic E-state index is -0.415. The summed E-state index contributed by atoms with van der Waals surface area (Å²) in [6.45, 7) is 3.85. The van der Waals surface area contributed by atoms with E-state index in [1.54, 1.807) is 35.0 Å². The Kier molecular flexibility index (Phi) is 5.57. The fraction of sp³-hybridized carbons (Fsp3) is 0.0870. The fourth-order valence-electron chi connectivity index (χ4n) is 2.98. The number of nitrogens with one attached hydrogen (secondary N) is 1. The second-order valence-corrected chi connectivity index (χ2v) is 7.72. The molecule has 1 heterocycles. The molecule has 1 N–H and O–H groups in total. The molecule has 0 atom stereocenters. The lowest BCUT2D eigenvalue weighted by Gasteiger charge is -2.07. The molecule has 4 aromatic rings. The molecule has 5 nitrogen and oxygen atoms in total. The van der Waals surface area contributed by atoms with Crippen molar-refractivity contribution >= 4 is 34.8 Å². The van der Waals surface area contributed by atoms with E-state index in [0.29, 0.717) is 21.6 Å². The second kappa shape index (κ2) is 8.30. The lowest BCUT2D eigenvalue weighted by Crippen LogP contribution is -2.15. The zero-order valence-electron chi connectivity index (χ0n) is 16.4. The van der Waals surface area contributed by atoms with Crippen molar-refractivity contribution < 1.29 is 4.79 Å². The van der Waals surface area contributed by atoms with Gasteiger partial charge in [-0.1, -0.05) is 47.0 Å². The number of benzene rings is 3. The van der Waals surface area contributed by atoms with Gasteiger partial charge >= 0.3 is 0 Å². The van der Waals surface area contributed by atoms with Gasteiger partial charge in [-0.3, -0.25) is 4.79 Å². The highest BCUT2D eigenvalue weighted by Crippen LogP contribution is 2.25. The van der Waals surface area contributed by atoms with Crippen LogP contribution in [0.1, 0.15) is 21.7 Å². The number of anilines is 1. The minimum absolute atomic E-state index is 0.0555. The molecule has 0 aliphatic carbocycles. The molecule has 0 radical (unpaired) electrons. The number of aromatic nitrogens is 3. The van der Waals surface area contributed by atoms with Gasteiger partial charge < -0.3 is 5.32 Å². The van der Waals surface area contributed by atoms with Crippen LogP contribution in [-0.2, 0) is 0 Å². The number of hydrogen-bond donors (Lipinski definition) is 1. The number of amides is 1. The van der Waals surface area contributed by atoms with Gasteiger partial charge in [0.05, 0.1) is 5.69 Å². The molecular weight excluding hydrogens is 419 g/mol. The van der Waals surface area contributed by atoms with Crippen LogP contribution in [0.3, 0.4) is 0 Å². The summed E-state index contributed by atoms with van der Waals surface area (Å²) in [5.74, 6) is 0.185. The van der Waals surface area contributed by atoms with Crippen LogP contribution in [-0.4, -0.2) is 20.7 Å². The molecule has 30 heavy (non-hydrogen) atoms. The van der Waals surface area contributed by atoms with Crippen LogP contribution < -0.4 is 5.32 Å². The van der Waals surface area contributed by atoms with Crippen LogP contribution in [0.25, 0.3) is 17.1 Å². The SMILES string of the molecule is Cc1ccc(-n2nc(C(=O)Nc3cccc(Cl)c3C)nc2-c2ccc(Cl)cc2)cc1. The van der Waals surface area contributed by atoms with Gasteiger partial charge in [-0.05, 0) is 67.9 Å². The Labute approximate surface area is 184 Å². The molecule has 0 bridgehead atoms. The monoisotopic (exact) mass is 436 g/mol. The summed E-state index contributed by atoms with van der Waals surface area (Å²) in [6.07, 6.45) is 0. The molecular formula is C23H18Cl2N4O. The maximum Gasteiger partial charge on any atom is 0.295 e. The average Bonchev–Trinajstić information content (AvgIpc) is 3.18. The predicted molar refractivity (Wildman–Crippen MR) is 121 cm³/mol.